The number of nitriles is 2. The van der Waals surface area contributed by atoms with Crippen molar-refractivity contribution in [3.05, 3.63) is 46.5 Å². The summed E-state index contributed by atoms with van der Waals surface area (Å²) in [5, 5.41) is 25.2. The molecule has 3 N–H and O–H groups in total. The third-order valence-corrected chi connectivity index (χ3v) is 3.94. The number of H-pyrrole nitrogens is 1. The number of ether oxygens (including phenoxy) is 3. The Bertz CT molecular complexity index is 933. The van der Waals surface area contributed by atoms with Crippen LogP contribution in [-0.4, -0.2) is 23.9 Å². The first-order valence-corrected chi connectivity index (χ1v) is 7.40. The van der Waals surface area contributed by atoms with Crippen LogP contribution >= 0.6 is 0 Å². The summed E-state index contributed by atoms with van der Waals surface area (Å²) in [6.07, 6.45) is 0. The number of nitrogens with two attached hydrogens (primary N) is 1. The lowest BCUT2D eigenvalue weighted by atomic mass is 9.84. The van der Waals surface area contributed by atoms with E-state index in [0.717, 1.165) is 16.8 Å². The Labute approximate surface area is 144 Å². The van der Waals surface area contributed by atoms with E-state index in [0.29, 0.717) is 23.0 Å². The van der Waals surface area contributed by atoms with Gasteiger partial charge in [0.25, 0.3) is 0 Å². The number of allylic oxidation sites excluding steroid dienone is 1. The Morgan fingerprint density at radius 2 is 2.16 bits per heavy atom. The molecule has 0 saturated heterocycles. The van der Waals surface area contributed by atoms with Crippen LogP contribution in [0.1, 0.15) is 22.7 Å². The lowest BCUT2D eigenvalue weighted by molar-refractivity contribution is 0.329. The molecule has 1 unspecified atom stereocenters. The molecule has 0 spiro atoms. The molecule has 2 aromatic rings. The molecule has 126 valence electrons. The first-order chi connectivity index (χ1) is 12.1. The molecule has 1 aromatic carbocycles. The molecule has 1 aliphatic rings. The summed E-state index contributed by atoms with van der Waals surface area (Å²) in [6.45, 7) is 1.76. The summed E-state index contributed by atoms with van der Waals surface area (Å²) in [5.74, 6) is 0.835. The van der Waals surface area contributed by atoms with E-state index in [2.05, 4.69) is 16.3 Å². The van der Waals surface area contributed by atoms with Crippen LogP contribution in [0.2, 0.25) is 0 Å². The van der Waals surface area contributed by atoms with Crippen LogP contribution in [-0.2, 0) is 0 Å². The highest BCUT2D eigenvalue weighted by Crippen LogP contribution is 2.44. The molecule has 0 radical (unpaired) electrons. The Morgan fingerprint density at radius 3 is 2.84 bits per heavy atom. The van der Waals surface area contributed by atoms with Gasteiger partial charge in [-0.3, -0.25) is 5.10 Å². The van der Waals surface area contributed by atoms with Crippen molar-refractivity contribution in [1.82, 2.24) is 10.2 Å². The van der Waals surface area contributed by atoms with Gasteiger partial charge in [-0.25, -0.2) is 0 Å². The average molecular weight is 337 g/mol. The lowest BCUT2D eigenvalue weighted by Crippen LogP contribution is -2.21. The number of fused-ring (bicyclic) bond motifs is 1. The summed E-state index contributed by atoms with van der Waals surface area (Å²) in [5.41, 5.74) is 8.50. The fourth-order valence-electron chi connectivity index (χ4n) is 2.82. The van der Waals surface area contributed by atoms with Crippen LogP contribution in [0.25, 0.3) is 0 Å². The van der Waals surface area contributed by atoms with E-state index in [9.17, 15) is 5.26 Å². The van der Waals surface area contributed by atoms with Gasteiger partial charge in [-0.15, -0.1) is 5.10 Å². The minimum absolute atomic E-state index is 0.0234. The highest BCUT2D eigenvalue weighted by Gasteiger charge is 2.34. The maximum atomic E-state index is 9.55. The normalized spacial score (nSPS) is 15.6. The maximum absolute atomic E-state index is 9.55. The molecule has 8 nitrogen and oxygen atoms in total. The van der Waals surface area contributed by atoms with Crippen molar-refractivity contribution in [2.24, 2.45) is 5.73 Å². The largest absolute Gasteiger partial charge is 0.493 e. The lowest BCUT2D eigenvalue weighted by Gasteiger charge is -2.24. The van der Waals surface area contributed by atoms with Gasteiger partial charge in [-0.05, 0) is 24.6 Å². The van der Waals surface area contributed by atoms with E-state index in [-0.39, 0.29) is 12.5 Å². The predicted octanol–water partition coefficient (Wildman–Crippen LogP) is 1.85. The van der Waals surface area contributed by atoms with Gasteiger partial charge in [0.15, 0.2) is 18.1 Å². The summed E-state index contributed by atoms with van der Waals surface area (Å²) in [4.78, 5) is 0. The molecule has 1 aliphatic heterocycles. The van der Waals surface area contributed by atoms with Gasteiger partial charge < -0.3 is 19.9 Å². The molecule has 0 bridgehead atoms. The van der Waals surface area contributed by atoms with E-state index < -0.39 is 5.92 Å². The van der Waals surface area contributed by atoms with Gasteiger partial charge in [0.05, 0.1) is 13.0 Å². The van der Waals surface area contributed by atoms with Crippen LogP contribution in [0.15, 0.2) is 29.7 Å². The summed E-state index contributed by atoms with van der Waals surface area (Å²) in [7, 11) is 1.51. The van der Waals surface area contributed by atoms with Gasteiger partial charge in [0.2, 0.25) is 11.8 Å². The Hall–Kier alpha value is -3.65. The fraction of sp³-hybridized carbons (Fsp3) is 0.235. The molecular formula is C17H15N5O3. The molecule has 1 aromatic heterocycles. The number of aryl methyl sites for hydroxylation is 1. The third-order valence-electron chi connectivity index (χ3n) is 3.94. The van der Waals surface area contributed by atoms with Crippen molar-refractivity contribution in [2.75, 3.05) is 13.7 Å². The van der Waals surface area contributed by atoms with Crippen LogP contribution in [0.5, 0.6) is 17.4 Å². The summed E-state index contributed by atoms with van der Waals surface area (Å²) < 4.78 is 16.1. The van der Waals surface area contributed by atoms with E-state index in [1.54, 1.807) is 18.2 Å². The van der Waals surface area contributed by atoms with E-state index in [1.165, 1.54) is 7.11 Å². The van der Waals surface area contributed by atoms with Crippen molar-refractivity contribution < 1.29 is 14.2 Å². The van der Waals surface area contributed by atoms with Crippen molar-refractivity contribution in [3.63, 3.8) is 0 Å². The Balaban J connectivity index is 2.13. The smallest absolute Gasteiger partial charge is 0.244 e. The minimum Gasteiger partial charge on any atom is -0.493 e. The highest BCUT2D eigenvalue weighted by atomic mass is 16.5. The number of aromatic amines is 1. The Kier molecular flexibility index (Phi) is 4.19. The topological polar surface area (TPSA) is 130 Å². The molecule has 2 heterocycles. The second-order valence-electron chi connectivity index (χ2n) is 5.35. The minimum atomic E-state index is -0.439. The number of rotatable bonds is 4. The van der Waals surface area contributed by atoms with Gasteiger partial charge in [-0.1, -0.05) is 6.07 Å². The number of methoxy groups -OCH3 is 1. The van der Waals surface area contributed by atoms with Crippen molar-refractivity contribution in [3.8, 4) is 29.5 Å². The second-order valence-corrected chi connectivity index (χ2v) is 5.35. The maximum Gasteiger partial charge on any atom is 0.244 e. The number of hydrogen-bond donors (Lipinski definition) is 2. The zero-order valence-corrected chi connectivity index (χ0v) is 13.7. The Morgan fingerprint density at radius 1 is 1.36 bits per heavy atom. The third kappa shape index (κ3) is 2.70. The number of benzene rings is 1. The number of nitrogens with one attached hydrogen (secondary N) is 1. The fourth-order valence-corrected chi connectivity index (χ4v) is 2.82. The monoisotopic (exact) mass is 337 g/mol. The molecule has 0 amide bonds. The first-order valence-electron chi connectivity index (χ1n) is 7.40. The number of hydrogen-bond acceptors (Lipinski definition) is 7. The molecular weight excluding hydrogens is 322 g/mol. The van der Waals surface area contributed by atoms with E-state index >= 15 is 0 Å². The standard InChI is InChI=1S/C17H15N5O3/c1-9-14-15(11(8-19)16(20)25-17(14)22-21-9)10-3-4-12(24-6-5-18)13(7-10)23-2/h3-4,7,15H,6,20H2,1-2H3,(H,21,22). The zero-order valence-electron chi connectivity index (χ0n) is 13.7. The molecule has 0 saturated carbocycles. The van der Waals surface area contributed by atoms with Gasteiger partial charge in [0.1, 0.15) is 17.7 Å². The van der Waals surface area contributed by atoms with Gasteiger partial charge in [0, 0.05) is 11.3 Å². The first kappa shape index (κ1) is 16.2. The summed E-state index contributed by atoms with van der Waals surface area (Å²) in [6, 6.07) is 9.28. The van der Waals surface area contributed by atoms with E-state index in [4.69, 9.17) is 25.2 Å². The molecule has 0 fully saturated rings. The highest BCUT2D eigenvalue weighted by molar-refractivity contribution is 5.57. The van der Waals surface area contributed by atoms with Crippen molar-refractivity contribution >= 4 is 0 Å². The molecule has 3 rings (SSSR count). The average Bonchev–Trinajstić information content (AvgIpc) is 2.99. The number of nitrogens with zero attached hydrogens (tertiary/aromatic N) is 3. The molecule has 1 atom stereocenters. The second kappa shape index (κ2) is 6.46. The number of aromatic nitrogens is 2. The molecule has 0 aliphatic carbocycles. The molecule has 25 heavy (non-hydrogen) atoms. The zero-order chi connectivity index (χ0) is 18.0. The van der Waals surface area contributed by atoms with Gasteiger partial charge >= 0.3 is 0 Å². The summed E-state index contributed by atoms with van der Waals surface area (Å²) >= 11 is 0. The van der Waals surface area contributed by atoms with Crippen LogP contribution < -0.4 is 19.9 Å². The van der Waals surface area contributed by atoms with Crippen LogP contribution in [0.4, 0.5) is 0 Å². The van der Waals surface area contributed by atoms with Crippen molar-refractivity contribution in [2.45, 2.75) is 12.8 Å². The van der Waals surface area contributed by atoms with E-state index in [1.807, 2.05) is 13.0 Å². The van der Waals surface area contributed by atoms with Gasteiger partial charge in [-0.2, -0.15) is 10.5 Å². The van der Waals surface area contributed by atoms with Crippen LogP contribution in [0.3, 0.4) is 0 Å². The molecule has 8 heteroatoms. The van der Waals surface area contributed by atoms with Crippen LogP contribution in [0, 0.1) is 29.6 Å². The predicted molar refractivity (Wildman–Crippen MR) is 86.7 cm³/mol. The van der Waals surface area contributed by atoms with Crippen molar-refractivity contribution in [1.29, 1.82) is 10.5 Å². The SMILES string of the molecule is COc1cc(C2C(C#N)=C(N)Oc3n[nH]c(C)c32)ccc1OCC#N. The quantitative estimate of drug-likeness (QED) is 0.870.